The summed E-state index contributed by atoms with van der Waals surface area (Å²) < 4.78 is 0. The third kappa shape index (κ3) is 3.39. The highest BCUT2D eigenvalue weighted by atomic mass is 16.2. The van der Waals surface area contributed by atoms with E-state index in [1.54, 1.807) is 19.0 Å². The molecule has 2 amide bonds. The second kappa shape index (κ2) is 8.13. The molecular formula is C30H25N3O2. The van der Waals surface area contributed by atoms with Gasteiger partial charge in [0.25, 0.3) is 5.91 Å². The smallest absolute Gasteiger partial charge is 0.255 e. The van der Waals surface area contributed by atoms with Gasteiger partial charge in [0.05, 0.1) is 11.7 Å². The van der Waals surface area contributed by atoms with Gasteiger partial charge in [-0.1, -0.05) is 72.8 Å². The molecular weight excluding hydrogens is 434 g/mol. The Balaban J connectivity index is 1.61. The van der Waals surface area contributed by atoms with Crippen LogP contribution in [-0.2, 0) is 4.79 Å². The van der Waals surface area contributed by atoms with Crippen LogP contribution in [0.25, 0.3) is 32.9 Å². The molecule has 1 aliphatic heterocycles. The Morgan fingerprint density at radius 3 is 2.43 bits per heavy atom. The maximum Gasteiger partial charge on any atom is 0.255 e. The molecule has 1 aliphatic rings. The van der Waals surface area contributed by atoms with Crippen LogP contribution < -0.4 is 0 Å². The number of carbonyl (C=O) groups is 2. The molecule has 5 aromatic rings. The number of para-hydroxylation sites is 1. The van der Waals surface area contributed by atoms with Crippen molar-refractivity contribution in [3.63, 3.8) is 0 Å². The van der Waals surface area contributed by atoms with E-state index in [0.29, 0.717) is 5.56 Å². The van der Waals surface area contributed by atoms with Crippen molar-refractivity contribution in [2.24, 2.45) is 0 Å². The highest BCUT2D eigenvalue weighted by Crippen LogP contribution is 2.45. The van der Waals surface area contributed by atoms with Crippen LogP contribution in [0.2, 0.25) is 0 Å². The molecule has 0 unspecified atom stereocenters. The van der Waals surface area contributed by atoms with Crippen molar-refractivity contribution in [3.8, 4) is 11.3 Å². The molecule has 0 aliphatic carbocycles. The number of likely N-dealkylation sites (N-methyl/N-ethyl adjacent to an activating group) is 1. The van der Waals surface area contributed by atoms with Crippen LogP contribution in [0, 0.1) is 0 Å². The number of rotatable bonds is 4. The molecule has 0 fully saturated rings. The Labute approximate surface area is 203 Å². The minimum atomic E-state index is -0.375. The lowest BCUT2D eigenvalue weighted by atomic mass is 9.92. The molecule has 35 heavy (non-hydrogen) atoms. The van der Waals surface area contributed by atoms with Crippen LogP contribution in [0.5, 0.6) is 0 Å². The topological polar surface area (TPSA) is 56.4 Å². The van der Waals surface area contributed by atoms with E-state index in [1.165, 1.54) is 10.3 Å². The van der Waals surface area contributed by atoms with Gasteiger partial charge < -0.3 is 14.8 Å². The Morgan fingerprint density at radius 2 is 1.60 bits per heavy atom. The summed E-state index contributed by atoms with van der Waals surface area (Å²) in [6.07, 6.45) is 0. The van der Waals surface area contributed by atoms with Crippen LogP contribution in [0.15, 0.2) is 91.0 Å². The summed E-state index contributed by atoms with van der Waals surface area (Å²) in [5, 5.41) is 3.37. The minimum Gasteiger partial charge on any atom is -0.354 e. The number of aromatic amines is 1. The summed E-state index contributed by atoms with van der Waals surface area (Å²) in [6.45, 7) is 0.0157. The average Bonchev–Trinajstić information content (AvgIpc) is 3.39. The van der Waals surface area contributed by atoms with E-state index in [-0.39, 0.29) is 24.4 Å². The molecule has 0 bridgehead atoms. The lowest BCUT2D eigenvalue weighted by molar-refractivity contribution is -0.129. The van der Waals surface area contributed by atoms with E-state index in [4.69, 9.17) is 0 Å². The van der Waals surface area contributed by atoms with E-state index in [9.17, 15) is 9.59 Å². The quantitative estimate of drug-likeness (QED) is 0.379. The maximum atomic E-state index is 13.6. The van der Waals surface area contributed by atoms with Crippen molar-refractivity contribution in [1.29, 1.82) is 0 Å². The van der Waals surface area contributed by atoms with Gasteiger partial charge in [-0.3, -0.25) is 9.59 Å². The van der Waals surface area contributed by atoms with Crippen LogP contribution in [-0.4, -0.2) is 47.2 Å². The van der Waals surface area contributed by atoms with Crippen LogP contribution in [0.3, 0.4) is 0 Å². The number of amides is 2. The molecule has 172 valence electrons. The van der Waals surface area contributed by atoms with Crippen molar-refractivity contribution in [1.82, 2.24) is 14.8 Å². The average molecular weight is 460 g/mol. The van der Waals surface area contributed by atoms with Gasteiger partial charge in [-0.2, -0.15) is 0 Å². The molecule has 4 aromatic carbocycles. The Kier molecular flexibility index (Phi) is 4.92. The summed E-state index contributed by atoms with van der Waals surface area (Å²) in [4.78, 5) is 33.2. The first kappa shape index (κ1) is 21.2. The number of carbonyl (C=O) groups excluding carboxylic acids is 2. The number of nitrogens with zero attached hydrogens (tertiary/aromatic N) is 2. The van der Waals surface area contributed by atoms with Gasteiger partial charge in [0.2, 0.25) is 5.91 Å². The van der Waals surface area contributed by atoms with Crippen LogP contribution >= 0.6 is 0 Å². The number of fused-ring (bicyclic) bond motifs is 3. The normalized spacial score (nSPS) is 15.1. The monoisotopic (exact) mass is 459 g/mol. The molecule has 0 saturated heterocycles. The molecule has 0 spiro atoms. The molecule has 1 N–H and O–H groups in total. The molecule has 1 atom stereocenters. The minimum absolute atomic E-state index is 0.0157. The largest absolute Gasteiger partial charge is 0.354 e. The van der Waals surface area contributed by atoms with E-state index in [0.717, 1.165) is 38.7 Å². The Bertz CT molecular complexity index is 1610. The summed E-state index contributed by atoms with van der Waals surface area (Å²) >= 11 is 0. The number of aromatic nitrogens is 1. The van der Waals surface area contributed by atoms with Crippen molar-refractivity contribution < 1.29 is 9.59 Å². The highest BCUT2D eigenvalue weighted by Gasteiger charge is 2.41. The summed E-state index contributed by atoms with van der Waals surface area (Å²) in [6, 6.07) is 30.2. The molecule has 5 nitrogen and oxygen atoms in total. The third-order valence-corrected chi connectivity index (χ3v) is 6.92. The number of H-pyrrole nitrogens is 1. The highest BCUT2D eigenvalue weighted by molar-refractivity contribution is 6.04. The van der Waals surface area contributed by atoms with Gasteiger partial charge in [0.15, 0.2) is 0 Å². The fourth-order valence-electron chi connectivity index (χ4n) is 5.15. The van der Waals surface area contributed by atoms with Gasteiger partial charge in [-0.05, 0) is 40.1 Å². The SMILES string of the molecule is CN(C)C(=O)CN1C(=O)c2ccccc2[C@H]1c1c(-c2ccc3ccccc3c2)[nH]c2ccccc12. The maximum absolute atomic E-state index is 13.6. The molecule has 5 heteroatoms. The lowest BCUT2D eigenvalue weighted by Crippen LogP contribution is -2.39. The van der Waals surface area contributed by atoms with Crippen LogP contribution in [0.4, 0.5) is 0 Å². The first-order valence-electron chi connectivity index (χ1n) is 11.7. The Morgan fingerprint density at radius 1 is 0.886 bits per heavy atom. The van der Waals surface area contributed by atoms with Gasteiger partial charge in [-0.25, -0.2) is 0 Å². The van der Waals surface area contributed by atoms with Crippen molar-refractivity contribution in [2.45, 2.75) is 6.04 Å². The van der Waals surface area contributed by atoms with E-state index in [1.807, 2.05) is 48.5 Å². The van der Waals surface area contributed by atoms with Crippen LogP contribution in [0.1, 0.15) is 27.5 Å². The zero-order valence-electron chi connectivity index (χ0n) is 19.7. The van der Waals surface area contributed by atoms with Crippen molar-refractivity contribution in [3.05, 3.63) is 108 Å². The molecule has 2 heterocycles. The predicted octanol–water partition coefficient (Wildman–Crippen LogP) is 5.62. The molecule has 1 aromatic heterocycles. The predicted molar refractivity (Wildman–Crippen MR) is 139 cm³/mol. The van der Waals surface area contributed by atoms with Gasteiger partial charge in [0, 0.05) is 36.1 Å². The first-order valence-corrected chi connectivity index (χ1v) is 11.7. The number of benzene rings is 4. The molecule has 0 saturated carbocycles. The van der Waals surface area contributed by atoms with Crippen molar-refractivity contribution in [2.75, 3.05) is 20.6 Å². The van der Waals surface area contributed by atoms with Gasteiger partial charge in [-0.15, -0.1) is 0 Å². The zero-order chi connectivity index (χ0) is 24.1. The molecule has 0 radical (unpaired) electrons. The van der Waals surface area contributed by atoms with Gasteiger partial charge >= 0.3 is 0 Å². The third-order valence-electron chi connectivity index (χ3n) is 6.92. The summed E-state index contributed by atoms with van der Waals surface area (Å²) in [5.41, 5.74) is 5.61. The van der Waals surface area contributed by atoms with E-state index >= 15 is 0 Å². The lowest BCUT2D eigenvalue weighted by Gasteiger charge is -2.27. The van der Waals surface area contributed by atoms with Gasteiger partial charge in [0.1, 0.15) is 6.54 Å². The summed E-state index contributed by atoms with van der Waals surface area (Å²) in [7, 11) is 3.44. The standard InChI is InChI=1S/C30H25N3O2/c1-32(2)26(34)18-33-29(22-11-5-6-12-23(22)30(33)35)27-24-13-7-8-14-25(24)31-28(27)21-16-15-19-9-3-4-10-20(19)17-21/h3-17,29,31H,18H2,1-2H3/t29-/m0/s1. The zero-order valence-corrected chi connectivity index (χ0v) is 19.7. The Hall–Kier alpha value is -4.38. The molecule has 6 rings (SSSR count). The second-order valence-corrected chi connectivity index (χ2v) is 9.23. The van der Waals surface area contributed by atoms with Crippen molar-refractivity contribution >= 4 is 33.5 Å². The second-order valence-electron chi connectivity index (χ2n) is 9.23. The van der Waals surface area contributed by atoms with E-state index < -0.39 is 0 Å². The first-order chi connectivity index (χ1) is 17.0. The summed E-state index contributed by atoms with van der Waals surface area (Å²) in [5.74, 6) is -0.223. The number of nitrogens with one attached hydrogen (secondary N) is 1. The fourth-order valence-corrected chi connectivity index (χ4v) is 5.15. The number of hydrogen-bond donors (Lipinski definition) is 1. The number of hydrogen-bond acceptors (Lipinski definition) is 2. The fraction of sp³-hybridized carbons (Fsp3) is 0.133. The van der Waals surface area contributed by atoms with E-state index in [2.05, 4.69) is 47.4 Å².